The number of fused-ring (bicyclic) bond motifs is 1. The second-order valence-corrected chi connectivity index (χ2v) is 8.11. The predicted octanol–water partition coefficient (Wildman–Crippen LogP) is 7.65. The zero-order valence-corrected chi connectivity index (χ0v) is 17.2. The molecule has 4 rings (SSSR count). The molecule has 176 valence electrons. The largest absolute Gasteiger partial charge is 0.573 e. The molecule has 0 spiro atoms. The lowest BCUT2D eigenvalue weighted by Crippen LogP contribution is -2.20. The van der Waals surface area contributed by atoms with Crippen LogP contribution >= 0.6 is 0 Å². The molecule has 0 unspecified atom stereocenters. The zero-order chi connectivity index (χ0) is 23.8. The molecule has 0 bridgehead atoms. The van der Waals surface area contributed by atoms with Gasteiger partial charge in [-0.1, -0.05) is 24.3 Å². The number of benzene rings is 3. The third-order valence-electron chi connectivity index (χ3n) is 5.93. The van der Waals surface area contributed by atoms with Gasteiger partial charge in [0.1, 0.15) is 0 Å². The summed E-state index contributed by atoms with van der Waals surface area (Å²) in [7, 11) is 0. The Bertz CT molecular complexity index is 1130. The number of ether oxygens (including phenoxy) is 2. The summed E-state index contributed by atoms with van der Waals surface area (Å²) in [5.41, 5.74) is 0.810. The van der Waals surface area contributed by atoms with Crippen LogP contribution in [0.4, 0.5) is 30.7 Å². The van der Waals surface area contributed by atoms with Crippen molar-refractivity contribution < 1.29 is 40.2 Å². The molecule has 3 aromatic carbocycles. The molecule has 1 fully saturated rings. The number of alkyl halides is 3. The number of rotatable bonds is 5. The molecular weight excluding hydrogens is 453 g/mol. The summed E-state index contributed by atoms with van der Waals surface area (Å²) in [6.45, 7) is 0.167. The van der Waals surface area contributed by atoms with Crippen LogP contribution < -0.4 is 9.47 Å². The quantitative estimate of drug-likeness (QED) is 0.355. The van der Waals surface area contributed by atoms with E-state index in [9.17, 15) is 30.7 Å². The highest BCUT2D eigenvalue weighted by Crippen LogP contribution is 2.39. The zero-order valence-electron chi connectivity index (χ0n) is 17.2. The highest BCUT2D eigenvalue weighted by atomic mass is 19.4. The van der Waals surface area contributed by atoms with Gasteiger partial charge in [-0.3, -0.25) is 0 Å². The maximum absolute atomic E-state index is 14.4. The van der Waals surface area contributed by atoms with E-state index < -0.39 is 41.1 Å². The molecule has 3 aromatic rings. The third-order valence-corrected chi connectivity index (χ3v) is 5.93. The molecule has 0 aliphatic heterocycles. The number of hydrogen-bond acceptors (Lipinski definition) is 2. The van der Waals surface area contributed by atoms with E-state index in [1.807, 2.05) is 0 Å². The van der Waals surface area contributed by atoms with Gasteiger partial charge in [0.15, 0.2) is 29.0 Å². The van der Waals surface area contributed by atoms with E-state index in [-0.39, 0.29) is 29.2 Å². The maximum atomic E-state index is 14.4. The summed E-state index contributed by atoms with van der Waals surface area (Å²) < 4.78 is 102. The topological polar surface area (TPSA) is 18.5 Å². The molecule has 0 amide bonds. The Morgan fingerprint density at radius 1 is 0.788 bits per heavy atom. The van der Waals surface area contributed by atoms with Crippen molar-refractivity contribution >= 4 is 10.8 Å². The Morgan fingerprint density at radius 3 is 2.09 bits per heavy atom. The maximum Gasteiger partial charge on any atom is 0.573 e. The van der Waals surface area contributed by atoms with Crippen LogP contribution in [0, 0.1) is 29.2 Å². The van der Waals surface area contributed by atoms with Crippen LogP contribution in [0.15, 0.2) is 42.5 Å². The average molecular weight is 472 g/mol. The van der Waals surface area contributed by atoms with Crippen LogP contribution in [0.1, 0.15) is 37.2 Å². The van der Waals surface area contributed by atoms with E-state index >= 15 is 0 Å². The van der Waals surface area contributed by atoms with Gasteiger partial charge in [-0.25, -0.2) is 17.6 Å². The SMILES string of the molecule is Fc1cccc(F)c1OCC1CCC(c2ccc3c(F)c(OC(F)(F)F)c(F)cc3c2)CC1. The van der Waals surface area contributed by atoms with Gasteiger partial charge in [-0.2, -0.15) is 0 Å². The lowest BCUT2D eigenvalue weighted by Gasteiger charge is -2.29. The van der Waals surface area contributed by atoms with Crippen molar-refractivity contribution in [3.63, 3.8) is 0 Å². The predicted molar refractivity (Wildman–Crippen MR) is 107 cm³/mol. The summed E-state index contributed by atoms with van der Waals surface area (Å²) >= 11 is 0. The number of halogens is 7. The number of hydrogen-bond donors (Lipinski definition) is 0. The van der Waals surface area contributed by atoms with Crippen molar-refractivity contribution in [1.82, 2.24) is 0 Å². The van der Waals surface area contributed by atoms with Crippen LogP contribution in [-0.4, -0.2) is 13.0 Å². The van der Waals surface area contributed by atoms with Crippen LogP contribution in [0.5, 0.6) is 11.5 Å². The van der Waals surface area contributed by atoms with Gasteiger partial charge in [-0.15, -0.1) is 13.2 Å². The van der Waals surface area contributed by atoms with Crippen molar-refractivity contribution in [2.45, 2.75) is 38.0 Å². The molecule has 0 N–H and O–H groups in total. The normalized spacial score (nSPS) is 19.0. The monoisotopic (exact) mass is 472 g/mol. The van der Waals surface area contributed by atoms with Gasteiger partial charge in [0, 0.05) is 5.39 Å². The summed E-state index contributed by atoms with van der Waals surface area (Å²) in [6, 6.07) is 8.82. The molecule has 0 aromatic heterocycles. The summed E-state index contributed by atoms with van der Waals surface area (Å²) in [5, 5.41) is -0.0362. The third kappa shape index (κ3) is 5.17. The Hall–Kier alpha value is -2.97. The molecule has 0 radical (unpaired) electrons. The molecule has 2 nitrogen and oxygen atoms in total. The molecule has 1 aliphatic rings. The van der Waals surface area contributed by atoms with Gasteiger partial charge in [0.05, 0.1) is 6.61 Å². The fourth-order valence-corrected chi connectivity index (χ4v) is 4.28. The fraction of sp³-hybridized carbons (Fsp3) is 0.333. The summed E-state index contributed by atoms with van der Waals surface area (Å²) in [6.07, 6.45) is -2.32. The van der Waals surface area contributed by atoms with E-state index in [1.165, 1.54) is 12.1 Å². The summed E-state index contributed by atoms with van der Waals surface area (Å²) in [5.74, 6) is -6.07. The van der Waals surface area contributed by atoms with Gasteiger partial charge in [0.2, 0.25) is 5.75 Å². The van der Waals surface area contributed by atoms with Crippen molar-refractivity contribution in [3.8, 4) is 11.5 Å². The molecule has 0 atom stereocenters. The van der Waals surface area contributed by atoms with Gasteiger partial charge >= 0.3 is 6.36 Å². The highest BCUT2D eigenvalue weighted by molar-refractivity contribution is 5.85. The molecule has 0 heterocycles. The second kappa shape index (κ2) is 9.11. The van der Waals surface area contributed by atoms with E-state index in [4.69, 9.17) is 4.74 Å². The first-order chi connectivity index (χ1) is 15.6. The second-order valence-electron chi connectivity index (χ2n) is 8.11. The smallest absolute Gasteiger partial charge is 0.487 e. The minimum absolute atomic E-state index is 0.0769. The van der Waals surface area contributed by atoms with E-state index in [0.29, 0.717) is 0 Å². The van der Waals surface area contributed by atoms with E-state index in [1.54, 1.807) is 12.1 Å². The Labute approximate surface area is 184 Å². The first kappa shape index (κ1) is 23.2. The Balaban J connectivity index is 1.43. The first-order valence-corrected chi connectivity index (χ1v) is 10.4. The Morgan fingerprint density at radius 2 is 1.45 bits per heavy atom. The molecule has 9 heteroatoms. The highest BCUT2D eigenvalue weighted by Gasteiger charge is 2.34. The first-order valence-electron chi connectivity index (χ1n) is 10.4. The fourth-order valence-electron chi connectivity index (χ4n) is 4.28. The minimum Gasteiger partial charge on any atom is -0.487 e. The van der Waals surface area contributed by atoms with Gasteiger partial charge < -0.3 is 9.47 Å². The van der Waals surface area contributed by atoms with E-state index in [0.717, 1.165) is 49.4 Å². The molecule has 1 aliphatic carbocycles. The summed E-state index contributed by atoms with van der Waals surface area (Å²) in [4.78, 5) is 0. The van der Waals surface area contributed by atoms with Crippen molar-refractivity contribution in [2.75, 3.05) is 6.61 Å². The Kier molecular flexibility index (Phi) is 6.41. The standard InChI is InChI=1S/C24H19F7O2/c25-18-2-1-3-19(26)22(18)32-12-13-4-6-14(7-5-13)15-8-9-17-16(10-15)11-20(27)23(21(17)28)33-24(29,30)31/h1-3,8-11,13-14H,4-7,12H2. The van der Waals surface area contributed by atoms with Crippen LogP contribution in [-0.2, 0) is 0 Å². The molecular formula is C24H19F7O2. The van der Waals surface area contributed by atoms with Gasteiger partial charge in [-0.05, 0) is 66.7 Å². The lowest BCUT2D eigenvalue weighted by atomic mass is 9.78. The lowest BCUT2D eigenvalue weighted by molar-refractivity contribution is -0.276. The molecule has 0 saturated heterocycles. The van der Waals surface area contributed by atoms with Crippen LogP contribution in [0.3, 0.4) is 0 Å². The number of para-hydroxylation sites is 1. The van der Waals surface area contributed by atoms with Crippen molar-refractivity contribution in [1.29, 1.82) is 0 Å². The average Bonchev–Trinajstić information content (AvgIpc) is 2.76. The van der Waals surface area contributed by atoms with E-state index in [2.05, 4.69) is 4.74 Å². The van der Waals surface area contributed by atoms with Gasteiger partial charge in [0.25, 0.3) is 0 Å². The van der Waals surface area contributed by atoms with Crippen molar-refractivity contribution in [2.24, 2.45) is 5.92 Å². The van der Waals surface area contributed by atoms with Crippen LogP contribution in [0.25, 0.3) is 10.8 Å². The van der Waals surface area contributed by atoms with Crippen molar-refractivity contribution in [3.05, 3.63) is 71.3 Å². The minimum atomic E-state index is -5.21. The molecule has 1 saturated carbocycles. The molecule has 33 heavy (non-hydrogen) atoms. The van der Waals surface area contributed by atoms with Crippen LogP contribution in [0.2, 0.25) is 0 Å².